The Balaban J connectivity index is 1.92. The Bertz CT molecular complexity index is 277. The number of carbonyl (C=O) groups excluding carboxylic acids is 1. The van der Waals surface area contributed by atoms with E-state index in [4.69, 9.17) is 10.5 Å². The molecule has 0 aromatic rings. The van der Waals surface area contributed by atoms with Crippen molar-refractivity contribution in [3.05, 3.63) is 0 Å². The quantitative estimate of drug-likeness (QED) is 0.638. The van der Waals surface area contributed by atoms with Gasteiger partial charge in [-0.1, -0.05) is 12.8 Å². The van der Waals surface area contributed by atoms with E-state index in [1.165, 1.54) is 0 Å². The Morgan fingerprint density at radius 2 is 2.24 bits per heavy atom. The van der Waals surface area contributed by atoms with Crippen LogP contribution in [0.5, 0.6) is 0 Å². The number of carbonyl (C=O) groups is 1. The summed E-state index contributed by atoms with van der Waals surface area (Å²) in [5.74, 6) is 0.0546. The molecule has 1 saturated heterocycles. The third-order valence-corrected chi connectivity index (χ3v) is 3.96. The van der Waals surface area contributed by atoms with Crippen LogP contribution in [-0.4, -0.2) is 42.4 Å². The minimum absolute atomic E-state index is 0.0716. The van der Waals surface area contributed by atoms with E-state index in [9.17, 15) is 9.90 Å². The van der Waals surface area contributed by atoms with Crippen LogP contribution < -0.4 is 11.1 Å². The van der Waals surface area contributed by atoms with Gasteiger partial charge in [-0.2, -0.15) is 0 Å². The van der Waals surface area contributed by atoms with Crippen LogP contribution in [0.1, 0.15) is 32.1 Å². The third kappa shape index (κ3) is 2.78. The average molecular weight is 242 g/mol. The van der Waals surface area contributed by atoms with Crippen LogP contribution in [0.4, 0.5) is 0 Å². The number of nitrogens with two attached hydrogens (primary N) is 1. The van der Waals surface area contributed by atoms with Gasteiger partial charge < -0.3 is 20.9 Å². The van der Waals surface area contributed by atoms with Crippen molar-refractivity contribution < 1.29 is 14.6 Å². The first kappa shape index (κ1) is 12.8. The molecule has 1 heterocycles. The van der Waals surface area contributed by atoms with Crippen LogP contribution in [0, 0.1) is 5.92 Å². The van der Waals surface area contributed by atoms with Crippen molar-refractivity contribution in [2.45, 2.75) is 43.7 Å². The maximum Gasteiger partial charge on any atom is 0.242 e. The van der Waals surface area contributed by atoms with E-state index in [0.29, 0.717) is 19.6 Å². The van der Waals surface area contributed by atoms with Crippen molar-refractivity contribution in [1.82, 2.24) is 5.32 Å². The number of hydrogen-bond donors (Lipinski definition) is 3. The molecule has 0 aromatic heterocycles. The molecular formula is C12H22N2O3. The van der Waals surface area contributed by atoms with Gasteiger partial charge in [0.1, 0.15) is 5.54 Å². The van der Waals surface area contributed by atoms with Crippen molar-refractivity contribution in [3.63, 3.8) is 0 Å². The first-order chi connectivity index (χ1) is 8.15. The van der Waals surface area contributed by atoms with Crippen LogP contribution in [0.25, 0.3) is 0 Å². The summed E-state index contributed by atoms with van der Waals surface area (Å²) in [7, 11) is 0. The molecule has 3 unspecified atom stereocenters. The van der Waals surface area contributed by atoms with E-state index >= 15 is 0 Å². The number of rotatable bonds is 3. The van der Waals surface area contributed by atoms with Gasteiger partial charge in [-0.3, -0.25) is 4.79 Å². The molecule has 98 valence electrons. The second-order valence-corrected chi connectivity index (χ2v) is 5.27. The summed E-state index contributed by atoms with van der Waals surface area (Å²) in [5, 5.41) is 12.3. The normalized spacial score (nSPS) is 38.0. The zero-order chi connectivity index (χ0) is 12.3. The van der Waals surface area contributed by atoms with Gasteiger partial charge in [0, 0.05) is 25.2 Å². The highest BCUT2D eigenvalue weighted by Gasteiger charge is 2.40. The van der Waals surface area contributed by atoms with Crippen LogP contribution in [0.2, 0.25) is 0 Å². The van der Waals surface area contributed by atoms with Crippen LogP contribution in [-0.2, 0) is 9.53 Å². The fourth-order valence-corrected chi connectivity index (χ4v) is 2.69. The third-order valence-electron chi connectivity index (χ3n) is 3.96. The molecule has 4 N–H and O–H groups in total. The van der Waals surface area contributed by atoms with Gasteiger partial charge in [-0.25, -0.2) is 0 Å². The molecule has 1 saturated carbocycles. The zero-order valence-corrected chi connectivity index (χ0v) is 10.2. The maximum atomic E-state index is 12.1. The molecule has 1 aliphatic carbocycles. The summed E-state index contributed by atoms with van der Waals surface area (Å²) in [6.45, 7) is 0.992. The summed E-state index contributed by atoms with van der Waals surface area (Å²) in [6, 6.07) is 0.0716. The summed E-state index contributed by atoms with van der Waals surface area (Å²) < 4.78 is 5.19. The Morgan fingerprint density at radius 3 is 2.88 bits per heavy atom. The molecule has 1 amide bonds. The monoisotopic (exact) mass is 242 g/mol. The molecule has 1 aliphatic heterocycles. The lowest BCUT2D eigenvalue weighted by Gasteiger charge is -2.33. The first-order valence-corrected chi connectivity index (χ1v) is 6.44. The predicted molar refractivity (Wildman–Crippen MR) is 63.3 cm³/mol. The van der Waals surface area contributed by atoms with Crippen molar-refractivity contribution in [1.29, 1.82) is 0 Å². The number of ether oxygens (including phenoxy) is 1. The summed E-state index contributed by atoms with van der Waals surface area (Å²) in [4.78, 5) is 12.1. The van der Waals surface area contributed by atoms with E-state index in [1.54, 1.807) is 0 Å². The standard InChI is InChI=1S/C12H22N2O3/c13-12(5-6-17-8-12)11(16)14-10-4-2-1-3-9(10)7-15/h9-10,15H,1-8,13H2,(H,14,16). The SMILES string of the molecule is NC1(C(=O)NC2CCCCC2CO)CCOC1. The lowest BCUT2D eigenvalue weighted by Crippen LogP contribution is -2.58. The predicted octanol–water partition coefficient (Wildman–Crippen LogP) is -0.229. The van der Waals surface area contributed by atoms with Crippen LogP contribution >= 0.6 is 0 Å². The van der Waals surface area contributed by atoms with E-state index in [2.05, 4.69) is 5.32 Å². The van der Waals surface area contributed by atoms with Gasteiger partial charge in [0.25, 0.3) is 0 Å². The van der Waals surface area contributed by atoms with Gasteiger partial charge >= 0.3 is 0 Å². The number of amides is 1. The summed E-state index contributed by atoms with van der Waals surface area (Å²) in [6.07, 6.45) is 4.74. The van der Waals surface area contributed by atoms with Crippen molar-refractivity contribution in [3.8, 4) is 0 Å². The number of hydrogen-bond acceptors (Lipinski definition) is 4. The number of aliphatic hydroxyl groups excluding tert-OH is 1. The first-order valence-electron chi connectivity index (χ1n) is 6.44. The molecule has 2 aliphatic rings. The average Bonchev–Trinajstić information content (AvgIpc) is 2.78. The second-order valence-electron chi connectivity index (χ2n) is 5.27. The van der Waals surface area contributed by atoms with Crippen LogP contribution in [0.3, 0.4) is 0 Å². The van der Waals surface area contributed by atoms with Crippen molar-refractivity contribution in [2.24, 2.45) is 11.7 Å². The Kier molecular flexibility index (Phi) is 4.01. The largest absolute Gasteiger partial charge is 0.396 e. The minimum atomic E-state index is -0.864. The van der Waals surface area contributed by atoms with Gasteiger partial charge in [-0.05, 0) is 19.3 Å². The van der Waals surface area contributed by atoms with E-state index in [-0.39, 0.29) is 24.5 Å². The molecule has 0 aromatic carbocycles. The highest BCUT2D eigenvalue weighted by molar-refractivity contribution is 5.86. The van der Waals surface area contributed by atoms with Gasteiger partial charge in [-0.15, -0.1) is 0 Å². The molecule has 0 spiro atoms. The van der Waals surface area contributed by atoms with E-state index < -0.39 is 5.54 Å². The molecule has 2 fully saturated rings. The maximum absolute atomic E-state index is 12.1. The Hall–Kier alpha value is -0.650. The lowest BCUT2D eigenvalue weighted by atomic mass is 9.84. The number of aliphatic hydroxyl groups is 1. The van der Waals surface area contributed by atoms with Crippen molar-refractivity contribution >= 4 is 5.91 Å². The van der Waals surface area contributed by atoms with Gasteiger partial charge in [0.05, 0.1) is 6.61 Å². The van der Waals surface area contributed by atoms with Gasteiger partial charge in [0.2, 0.25) is 5.91 Å². The topological polar surface area (TPSA) is 84.6 Å². The lowest BCUT2D eigenvalue weighted by molar-refractivity contribution is -0.127. The molecule has 2 rings (SSSR count). The zero-order valence-electron chi connectivity index (χ0n) is 10.2. The van der Waals surface area contributed by atoms with E-state index in [0.717, 1.165) is 25.7 Å². The summed E-state index contributed by atoms with van der Waals surface area (Å²) >= 11 is 0. The molecule has 5 heteroatoms. The smallest absolute Gasteiger partial charge is 0.242 e. The molecular weight excluding hydrogens is 220 g/mol. The van der Waals surface area contributed by atoms with Gasteiger partial charge in [0.15, 0.2) is 0 Å². The fourth-order valence-electron chi connectivity index (χ4n) is 2.69. The van der Waals surface area contributed by atoms with Crippen LogP contribution in [0.15, 0.2) is 0 Å². The summed E-state index contributed by atoms with van der Waals surface area (Å²) in [5.41, 5.74) is 5.14. The molecule has 0 bridgehead atoms. The molecule has 17 heavy (non-hydrogen) atoms. The second kappa shape index (κ2) is 5.33. The molecule has 3 atom stereocenters. The highest BCUT2D eigenvalue weighted by atomic mass is 16.5. The fraction of sp³-hybridized carbons (Fsp3) is 0.917. The van der Waals surface area contributed by atoms with E-state index in [1.807, 2.05) is 0 Å². The Labute approximate surface area is 102 Å². The highest BCUT2D eigenvalue weighted by Crippen LogP contribution is 2.25. The molecule has 0 radical (unpaired) electrons. The van der Waals surface area contributed by atoms with Crippen molar-refractivity contribution in [2.75, 3.05) is 19.8 Å². The molecule has 5 nitrogen and oxygen atoms in total. The number of nitrogens with one attached hydrogen (secondary N) is 1. The minimum Gasteiger partial charge on any atom is -0.396 e. The Morgan fingerprint density at radius 1 is 1.47 bits per heavy atom.